The zero-order chi connectivity index (χ0) is 9.26. The van der Waals surface area contributed by atoms with E-state index in [1.165, 1.54) is 0 Å². The van der Waals surface area contributed by atoms with Crippen LogP contribution in [0.4, 0.5) is 0 Å². The molecule has 2 N–H and O–H groups in total. The largest absolute Gasteiger partial charge is 0.508 e. The number of hydrogen-bond acceptors (Lipinski definition) is 2. The van der Waals surface area contributed by atoms with Crippen molar-refractivity contribution in [3.8, 4) is 17.0 Å². The summed E-state index contributed by atoms with van der Waals surface area (Å²) in [6.07, 6.45) is 1.69. The van der Waals surface area contributed by atoms with Crippen LogP contribution in [-0.4, -0.2) is 15.3 Å². The fourth-order valence-electron chi connectivity index (χ4n) is 1.13. The fraction of sp³-hybridized carbons (Fsp3) is 0. The number of aromatic hydroxyl groups is 1. The molecule has 1 aromatic carbocycles. The van der Waals surface area contributed by atoms with E-state index < -0.39 is 0 Å². The van der Waals surface area contributed by atoms with E-state index in [0.29, 0.717) is 0 Å². The zero-order valence-electron chi connectivity index (χ0n) is 6.66. The van der Waals surface area contributed by atoms with Crippen LogP contribution in [0.15, 0.2) is 34.9 Å². The van der Waals surface area contributed by atoms with E-state index in [2.05, 4.69) is 26.1 Å². The van der Waals surface area contributed by atoms with E-state index in [4.69, 9.17) is 0 Å². The molecule has 0 aliphatic heterocycles. The maximum Gasteiger partial charge on any atom is 0.116 e. The normalized spacial score (nSPS) is 10.2. The molecule has 0 saturated carbocycles. The van der Waals surface area contributed by atoms with Gasteiger partial charge in [0.1, 0.15) is 5.75 Å². The van der Waals surface area contributed by atoms with E-state index in [0.717, 1.165) is 15.7 Å². The number of aromatic nitrogens is 2. The molecule has 3 nitrogen and oxygen atoms in total. The third kappa shape index (κ3) is 1.58. The summed E-state index contributed by atoms with van der Waals surface area (Å²) in [6.45, 7) is 0. The fourth-order valence-corrected chi connectivity index (χ4v) is 1.71. The van der Waals surface area contributed by atoms with Crippen molar-refractivity contribution < 1.29 is 5.11 Å². The molecule has 66 valence electrons. The molecule has 2 rings (SSSR count). The van der Waals surface area contributed by atoms with Crippen LogP contribution in [0.1, 0.15) is 0 Å². The first-order valence-corrected chi connectivity index (χ1v) is 4.55. The van der Waals surface area contributed by atoms with Crippen molar-refractivity contribution in [1.82, 2.24) is 10.2 Å². The van der Waals surface area contributed by atoms with Gasteiger partial charge in [0.05, 0.1) is 5.69 Å². The van der Waals surface area contributed by atoms with E-state index in [1.54, 1.807) is 18.3 Å². The molecule has 1 heterocycles. The Bertz CT molecular complexity index is 412. The third-order valence-corrected chi connectivity index (χ3v) is 2.40. The van der Waals surface area contributed by atoms with Gasteiger partial charge < -0.3 is 5.11 Å². The lowest BCUT2D eigenvalue weighted by molar-refractivity contribution is 0.475. The van der Waals surface area contributed by atoms with Crippen molar-refractivity contribution in [2.24, 2.45) is 0 Å². The molecular weight excluding hydrogens is 232 g/mol. The average Bonchev–Trinajstić information content (AvgIpc) is 2.56. The second-order valence-electron chi connectivity index (χ2n) is 2.63. The molecule has 0 fully saturated rings. The molecule has 13 heavy (non-hydrogen) atoms. The van der Waals surface area contributed by atoms with Crippen molar-refractivity contribution in [2.45, 2.75) is 0 Å². The highest BCUT2D eigenvalue weighted by molar-refractivity contribution is 9.10. The van der Waals surface area contributed by atoms with Crippen LogP contribution in [0, 0.1) is 0 Å². The molecule has 4 heteroatoms. The first-order chi connectivity index (χ1) is 6.27. The smallest absolute Gasteiger partial charge is 0.116 e. The second-order valence-corrected chi connectivity index (χ2v) is 3.49. The number of aromatic amines is 1. The van der Waals surface area contributed by atoms with Gasteiger partial charge in [-0.25, -0.2) is 0 Å². The molecular formula is C9H7BrN2O. The number of phenolic OH excluding ortho intramolecular Hbond substituents is 1. The Morgan fingerprint density at radius 3 is 2.77 bits per heavy atom. The van der Waals surface area contributed by atoms with Crippen LogP contribution >= 0.6 is 15.9 Å². The average molecular weight is 239 g/mol. The van der Waals surface area contributed by atoms with Gasteiger partial charge in [-0.1, -0.05) is 0 Å². The molecule has 0 radical (unpaired) electrons. The minimum absolute atomic E-state index is 0.246. The zero-order valence-corrected chi connectivity index (χ0v) is 8.25. The number of benzene rings is 1. The highest BCUT2D eigenvalue weighted by Gasteiger charge is 2.04. The van der Waals surface area contributed by atoms with Crippen molar-refractivity contribution in [2.75, 3.05) is 0 Å². The first kappa shape index (κ1) is 8.31. The summed E-state index contributed by atoms with van der Waals surface area (Å²) in [6, 6.07) is 6.99. The van der Waals surface area contributed by atoms with Gasteiger partial charge in [0.25, 0.3) is 0 Å². The standard InChI is InChI=1S/C9H7BrN2O/c10-8-5-6(13)1-2-7(8)9-3-4-11-12-9/h1-5,13H,(H,11,12). The van der Waals surface area contributed by atoms with Crippen LogP contribution in [0.2, 0.25) is 0 Å². The van der Waals surface area contributed by atoms with E-state index in [9.17, 15) is 5.11 Å². The lowest BCUT2D eigenvalue weighted by Gasteiger charge is -2.01. The highest BCUT2D eigenvalue weighted by atomic mass is 79.9. The number of halogens is 1. The summed E-state index contributed by atoms with van der Waals surface area (Å²) in [7, 11) is 0. The maximum absolute atomic E-state index is 9.18. The minimum Gasteiger partial charge on any atom is -0.508 e. The van der Waals surface area contributed by atoms with Crippen molar-refractivity contribution in [3.05, 3.63) is 34.9 Å². The molecule has 0 aliphatic carbocycles. The van der Waals surface area contributed by atoms with E-state index >= 15 is 0 Å². The van der Waals surface area contributed by atoms with E-state index in [-0.39, 0.29) is 5.75 Å². The summed E-state index contributed by atoms with van der Waals surface area (Å²) in [5, 5.41) is 15.9. The Labute approximate surface area is 83.5 Å². The predicted octanol–water partition coefficient (Wildman–Crippen LogP) is 2.54. The summed E-state index contributed by atoms with van der Waals surface area (Å²) < 4.78 is 0.844. The number of nitrogens with zero attached hydrogens (tertiary/aromatic N) is 1. The molecule has 0 atom stereocenters. The Hall–Kier alpha value is -1.29. The minimum atomic E-state index is 0.246. The van der Waals surface area contributed by atoms with Gasteiger partial charge in [0, 0.05) is 16.2 Å². The van der Waals surface area contributed by atoms with Crippen molar-refractivity contribution in [3.63, 3.8) is 0 Å². The van der Waals surface area contributed by atoms with Gasteiger partial charge in [-0.05, 0) is 40.2 Å². The molecule has 0 unspecified atom stereocenters. The molecule has 0 saturated heterocycles. The Morgan fingerprint density at radius 2 is 2.15 bits per heavy atom. The summed E-state index contributed by atoms with van der Waals surface area (Å²) in [4.78, 5) is 0. The van der Waals surface area contributed by atoms with Gasteiger partial charge in [-0.3, -0.25) is 5.10 Å². The molecule has 0 bridgehead atoms. The molecule has 2 aromatic rings. The van der Waals surface area contributed by atoms with Gasteiger partial charge in [-0.15, -0.1) is 0 Å². The SMILES string of the molecule is Oc1ccc(-c2ccn[nH]2)c(Br)c1. The highest BCUT2D eigenvalue weighted by Crippen LogP contribution is 2.29. The number of phenols is 1. The van der Waals surface area contributed by atoms with Crippen LogP contribution < -0.4 is 0 Å². The summed E-state index contributed by atoms with van der Waals surface area (Å²) in [5.74, 6) is 0.246. The van der Waals surface area contributed by atoms with Gasteiger partial charge in [0.2, 0.25) is 0 Å². The molecule has 0 aliphatic rings. The number of H-pyrrole nitrogens is 1. The number of rotatable bonds is 1. The van der Waals surface area contributed by atoms with Crippen LogP contribution in [0.5, 0.6) is 5.75 Å². The Kier molecular flexibility index (Phi) is 2.06. The molecule has 1 aromatic heterocycles. The maximum atomic E-state index is 9.18. The monoisotopic (exact) mass is 238 g/mol. The van der Waals surface area contributed by atoms with Gasteiger partial charge in [0.15, 0.2) is 0 Å². The number of nitrogens with one attached hydrogen (secondary N) is 1. The lowest BCUT2D eigenvalue weighted by Crippen LogP contribution is -1.79. The number of hydrogen-bond donors (Lipinski definition) is 2. The third-order valence-electron chi connectivity index (χ3n) is 1.74. The van der Waals surface area contributed by atoms with Crippen LogP contribution in [0.3, 0.4) is 0 Å². The quantitative estimate of drug-likeness (QED) is 0.803. The Morgan fingerprint density at radius 1 is 1.31 bits per heavy atom. The molecule has 0 amide bonds. The predicted molar refractivity (Wildman–Crippen MR) is 53.4 cm³/mol. The topological polar surface area (TPSA) is 48.9 Å². The van der Waals surface area contributed by atoms with Crippen LogP contribution in [0.25, 0.3) is 11.3 Å². The van der Waals surface area contributed by atoms with Crippen LogP contribution in [-0.2, 0) is 0 Å². The van der Waals surface area contributed by atoms with Gasteiger partial charge in [-0.2, -0.15) is 5.10 Å². The van der Waals surface area contributed by atoms with Crippen molar-refractivity contribution in [1.29, 1.82) is 0 Å². The first-order valence-electron chi connectivity index (χ1n) is 3.75. The summed E-state index contributed by atoms with van der Waals surface area (Å²) >= 11 is 3.36. The molecule has 0 spiro atoms. The van der Waals surface area contributed by atoms with E-state index in [1.807, 2.05) is 12.1 Å². The lowest BCUT2D eigenvalue weighted by atomic mass is 10.1. The van der Waals surface area contributed by atoms with Crippen molar-refractivity contribution >= 4 is 15.9 Å². The van der Waals surface area contributed by atoms with Gasteiger partial charge >= 0.3 is 0 Å². The second kappa shape index (κ2) is 3.22. The Balaban J connectivity index is 2.53. The summed E-state index contributed by atoms with van der Waals surface area (Å²) in [5.41, 5.74) is 1.90.